The van der Waals surface area contributed by atoms with E-state index in [1.165, 1.54) is 19.3 Å². The van der Waals surface area contributed by atoms with Crippen molar-refractivity contribution in [3.05, 3.63) is 24.3 Å². The van der Waals surface area contributed by atoms with E-state index in [1.54, 1.807) is 7.11 Å². The smallest absolute Gasteiger partial charge is 0.161 e. The summed E-state index contributed by atoms with van der Waals surface area (Å²) in [5.41, 5.74) is 0. The Kier molecular flexibility index (Phi) is 4.98. The molecule has 0 saturated carbocycles. The minimum absolute atomic E-state index is 0.220. The van der Waals surface area contributed by atoms with Gasteiger partial charge in [-0.05, 0) is 37.8 Å². The average molecular weight is 303 g/mol. The second kappa shape index (κ2) is 7.14. The van der Waals surface area contributed by atoms with Gasteiger partial charge in [0.05, 0.1) is 13.7 Å². The molecule has 0 radical (unpaired) electrons. The first-order valence-electron chi connectivity index (χ1n) is 8.31. The Morgan fingerprint density at radius 2 is 1.86 bits per heavy atom. The highest BCUT2D eigenvalue weighted by Gasteiger charge is 2.34. The molecule has 3 rings (SSSR count). The zero-order valence-corrected chi connectivity index (χ0v) is 13.2. The number of methoxy groups -OCH3 is 1. The number of hydrogen-bond donors (Lipinski definition) is 1. The Morgan fingerprint density at radius 3 is 2.55 bits per heavy atom. The van der Waals surface area contributed by atoms with Crippen LogP contribution >= 0.6 is 0 Å². The van der Waals surface area contributed by atoms with E-state index in [0.717, 1.165) is 12.8 Å². The van der Waals surface area contributed by atoms with E-state index in [2.05, 4.69) is 5.32 Å². The highest BCUT2D eigenvalue weighted by atomic mass is 16.5. The van der Waals surface area contributed by atoms with E-state index >= 15 is 0 Å². The average Bonchev–Trinajstić information content (AvgIpc) is 2.54. The quantitative estimate of drug-likeness (QED) is 0.878. The molecule has 0 amide bonds. The van der Waals surface area contributed by atoms with Gasteiger partial charge in [0.2, 0.25) is 0 Å². The van der Waals surface area contributed by atoms with Crippen LogP contribution in [0.1, 0.15) is 38.5 Å². The summed E-state index contributed by atoms with van der Waals surface area (Å²) in [4.78, 5) is 12.4. The summed E-state index contributed by atoms with van der Waals surface area (Å²) in [6, 6.07) is 8.66. The summed E-state index contributed by atoms with van der Waals surface area (Å²) >= 11 is 0. The first-order valence-corrected chi connectivity index (χ1v) is 8.31. The predicted octanol–water partition coefficient (Wildman–Crippen LogP) is 2.95. The van der Waals surface area contributed by atoms with E-state index < -0.39 is 0 Å². The van der Waals surface area contributed by atoms with Crippen LogP contribution in [0.2, 0.25) is 0 Å². The number of fused-ring (bicyclic) bond motifs is 2. The van der Waals surface area contributed by atoms with E-state index in [-0.39, 0.29) is 5.92 Å². The van der Waals surface area contributed by atoms with Crippen LogP contribution in [0.3, 0.4) is 0 Å². The molecule has 2 unspecified atom stereocenters. The number of ether oxygens (including phenoxy) is 2. The number of ketones is 1. The normalized spacial score (nSPS) is 27.2. The fourth-order valence-corrected chi connectivity index (χ4v) is 3.73. The van der Waals surface area contributed by atoms with Gasteiger partial charge in [0.25, 0.3) is 0 Å². The van der Waals surface area contributed by atoms with Crippen molar-refractivity contribution in [3.8, 4) is 11.5 Å². The maximum atomic E-state index is 12.4. The van der Waals surface area contributed by atoms with E-state index in [0.29, 0.717) is 42.4 Å². The zero-order valence-electron chi connectivity index (χ0n) is 13.2. The van der Waals surface area contributed by atoms with Gasteiger partial charge in [-0.25, -0.2) is 0 Å². The molecule has 0 spiro atoms. The molecule has 2 bridgehead atoms. The lowest BCUT2D eigenvalue weighted by molar-refractivity contribution is -0.125. The van der Waals surface area contributed by atoms with Crippen LogP contribution in [0, 0.1) is 5.92 Å². The number of piperidine rings is 2. The fraction of sp³-hybridized carbons (Fsp3) is 0.611. The molecule has 1 N–H and O–H groups in total. The summed E-state index contributed by atoms with van der Waals surface area (Å²) in [6.45, 7) is 0.429. The number of Topliss-reactive ketones (excluding diaryl/α,β-unsaturated/α-hetero) is 1. The van der Waals surface area contributed by atoms with Crippen molar-refractivity contribution in [2.45, 2.75) is 50.6 Å². The molecule has 2 atom stereocenters. The monoisotopic (exact) mass is 303 g/mol. The maximum absolute atomic E-state index is 12.4. The van der Waals surface area contributed by atoms with Gasteiger partial charge in [0.1, 0.15) is 5.78 Å². The Bertz CT molecular complexity index is 505. The molecule has 2 saturated heterocycles. The molecular weight excluding hydrogens is 278 g/mol. The number of nitrogens with one attached hydrogen (secondary N) is 1. The van der Waals surface area contributed by atoms with Crippen molar-refractivity contribution in [1.82, 2.24) is 5.32 Å². The van der Waals surface area contributed by atoms with Gasteiger partial charge < -0.3 is 14.8 Å². The summed E-state index contributed by atoms with van der Waals surface area (Å²) in [5, 5.41) is 3.63. The fourth-order valence-electron chi connectivity index (χ4n) is 3.73. The van der Waals surface area contributed by atoms with Gasteiger partial charge in [-0.1, -0.05) is 18.6 Å². The first kappa shape index (κ1) is 15.3. The molecular formula is C18H25NO3. The standard InChI is InChI=1S/C18H25NO3/c1-21-17-7-2-3-8-18(17)22-10-9-16(20)13-11-14-5-4-6-15(12-13)19-14/h2-3,7-8,13-15,19H,4-6,9-12H2,1H3. The third-order valence-corrected chi connectivity index (χ3v) is 4.85. The molecule has 2 aliphatic heterocycles. The SMILES string of the molecule is COc1ccccc1OCCC(=O)C1CC2CCCC(C1)N2. The van der Waals surface area contributed by atoms with Crippen molar-refractivity contribution < 1.29 is 14.3 Å². The number of benzene rings is 1. The van der Waals surface area contributed by atoms with Crippen LogP contribution in [-0.2, 0) is 4.79 Å². The molecule has 120 valence electrons. The molecule has 22 heavy (non-hydrogen) atoms. The molecule has 0 aromatic heterocycles. The van der Waals surface area contributed by atoms with Crippen LogP contribution in [0.4, 0.5) is 0 Å². The van der Waals surface area contributed by atoms with Crippen LogP contribution < -0.4 is 14.8 Å². The number of hydrogen-bond acceptors (Lipinski definition) is 4. The second-order valence-electron chi connectivity index (χ2n) is 6.38. The van der Waals surface area contributed by atoms with Crippen LogP contribution in [-0.4, -0.2) is 31.6 Å². The molecule has 2 aliphatic rings. The van der Waals surface area contributed by atoms with Crippen molar-refractivity contribution in [3.63, 3.8) is 0 Å². The largest absolute Gasteiger partial charge is 0.493 e. The van der Waals surface area contributed by atoms with Crippen molar-refractivity contribution in [1.29, 1.82) is 0 Å². The molecule has 4 heteroatoms. The molecule has 2 fully saturated rings. The molecule has 0 aliphatic carbocycles. The third kappa shape index (κ3) is 3.61. The predicted molar refractivity (Wildman–Crippen MR) is 85.4 cm³/mol. The van der Waals surface area contributed by atoms with Gasteiger partial charge in [-0.15, -0.1) is 0 Å². The summed E-state index contributed by atoms with van der Waals surface area (Å²) in [5.74, 6) is 2.00. The Hall–Kier alpha value is -1.55. The van der Waals surface area contributed by atoms with Crippen molar-refractivity contribution in [2.75, 3.05) is 13.7 Å². The van der Waals surface area contributed by atoms with Gasteiger partial charge in [-0.3, -0.25) is 4.79 Å². The Labute approximate surface area is 132 Å². The number of carbonyl (C=O) groups excluding carboxylic acids is 1. The summed E-state index contributed by atoms with van der Waals surface area (Å²) < 4.78 is 11.0. The van der Waals surface area contributed by atoms with Crippen LogP contribution in [0.15, 0.2) is 24.3 Å². The Balaban J connectivity index is 1.48. The highest BCUT2D eigenvalue weighted by Crippen LogP contribution is 2.31. The summed E-state index contributed by atoms with van der Waals surface area (Å²) in [6.07, 6.45) is 6.24. The number of carbonyl (C=O) groups is 1. The number of rotatable bonds is 6. The lowest BCUT2D eigenvalue weighted by atomic mass is 9.78. The van der Waals surface area contributed by atoms with Crippen LogP contribution in [0.5, 0.6) is 11.5 Å². The lowest BCUT2D eigenvalue weighted by Gasteiger charge is -2.39. The van der Waals surface area contributed by atoms with Gasteiger partial charge in [0.15, 0.2) is 11.5 Å². The molecule has 1 aromatic carbocycles. The first-order chi connectivity index (χ1) is 10.8. The zero-order chi connectivity index (χ0) is 15.4. The molecule has 1 aromatic rings. The second-order valence-corrected chi connectivity index (χ2v) is 6.38. The topological polar surface area (TPSA) is 47.6 Å². The van der Waals surface area contributed by atoms with Crippen molar-refractivity contribution >= 4 is 5.78 Å². The van der Waals surface area contributed by atoms with E-state index in [4.69, 9.17) is 9.47 Å². The summed E-state index contributed by atoms with van der Waals surface area (Å²) in [7, 11) is 1.63. The minimum Gasteiger partial charge on any atom is -0.493 e. The lowest BCUT2D eigenvalue weighted by Crippen LogP contribution is -2.50. The third-order valence-electron chi connectivity index (χ3n) is 4.85. The van der Waals surface area contributed by atoms with E-state index in [1.807, 2.05) is 24.3 Å². The van der Waals surface area contributed by atoms with Crippen LogP contribution in [0.25, 0.3) is 0 Å². The van der Waals surface area contributed by atoms with Gasteiger partial charge in [0, 0.05) is 24.4 Å². The molecule has 4 nitrogen and oxygen atoms in total. The highest BCUT2D eigenvalue weighted by molar-refractivity contribution is 5.81. The maximum Gasteiger partial charge on any atom is 0.161 e. The van der Waals surface area contributed by atoms with Gasteiger partial charge >= 0.3 is 0 Å². The van der Waals surface area contributed by atoms with E-state index in [9.17, 15) is 4.79 Å². The van der Waals surface area contributed by atoms with Gasteiger partial charge in [-0.2, -0.15) is 0 Å². The number of para-hydroxylation sites is 2. The van der Waals surface area contributed by atoms with Crippen molar-refractivity contribution in [2.24, 2.45) is 5.92 Å². The molecule has 2 heterocycles. The Morgan fingerprint density at radius 1 is 1.18 bits per heavy atom. The minimum atomic E-state index is 0.220.